The number of carbonyl (C=O) groups is 1. The Bertz CT molecular complexity index is 709. The molecule has 2 rings (SSSR count). The monoisotopic (exact) mass is 367 g/mol. The molecule has 0 saturated heterocycles. The van der Waals surface area contributed by atoms with Crippen LogP contribution in [0.25, 0.3) is 6.08 Å². The molecule has 6 heteroatoms. The largest absolute Gasteiger partial charge is 0.496 e. The van der Waals surface area contributed by atoms with E-state index in [1.807, 2.05) is 0 Å². The van der Waals surface area contributed by atoms with Crippen LogP contribution in [0, 0.1) is 11.6 Å². The predicted octanol–water partition coefficient (Wildman–Crippen LogP) is 4.39. The van der Waals surface area contributed by atoms with Crippen molar-refractivity contribution in [2.75, 3.05) is 12.4 Å². The van der Waals surface area contributed by atoms with Crippen molar-refractivity contribution >= 4 is 33.6 Å². The van der Waals surface area contributed by atoms with Crippen LogP contribution < -0.4 is 10.1 Å². The summed E-state index contributed by atoms with van der Waals surface area (Å²) >= 11 is 3.01. The summed E-state index contributed by atoms with van der Waals surface area (Å²) in [5.41, 5.74) is 0.592. The van der Waals surface area contributed by atoms with Crippen LogP contribution in [0.2, 0.25) is 0 Å². The first-order valence-electron chi connectivity index (χ1n) is 6.28. The summed E-state index contributed by atoms with van der Waals surface area (Å²) in [4.78, 5) is 11.9. The summed E-state index contributed by atoms with van der Waals surface area (Å²) in [7, 11) is 1.53. The molecule has 0 aromatic heterocycles. The Balaban J connectivity index is 2.15. The molecule has 0 bridgehead atoms. The van der Waals surface area contributed by atoms with Gasteiger partial charge in [-0.3, -0.25) is 4.79 Å². The Morgan fingerprint density at radius 3 is 2.68 bits per heavy atom. The number of para-hydroxylation sites is 1. The second-order valence-corrected chi connectivity index (χ2v) is 5.16. The molecule has 1 N–H and O–H groups in total. The molecule has 0 heterocycles. The van der Waals surface area contributed by atoms with Crippen LogP contribution >= 0.6 is 15.9 Å². The van der Waals surface area contributed by atoms with Gasteiger partial charge < -0.3 is 10.1 Å². The van der Waals surface area contributed by atoms with Gasteiger partial charge in [0.15, 0.2) is 5.82 Å². The third-order valence-electron chi connectivity index (χ3n) is 2.81. The van der Waals surface area contributed by atoms with Crippen LogP contribution in [0.4, 0.5) is 14.5 Å². The zero-order valence-electron chi connectivity index (χ0n) is 11.6. The van der Waals surface area contributed by atoms with Gasteiger partial charge in [0.05, 0.1) is 12.8 Å². The van der Waals surface area contributed by atoms with E-state index < -0.39 is 17.5 Å². The van der Waals surface area contributed by atoms with E-state index in [2.05, 4.69) is 21.2 Å². The number of amides is 1. The summed E-state index contributed by atoms with van der Waals surface area (Å²) in [5, 5.41) is 2.36. The Morgan fingerprint density at radius 2 is 2.00 bits per heavy atom. The number of benzene rings is 2. The van der Waals surface area contributed by atoms with E-state index in [4.69, 9.17) is 4.74 Å². The maximum atomic E-state index is 13.6. The van der Waals surface area contributed by atoms with Crippen molar-refractivity contribution in [3.8, 4) is 5.75 Å². The molecule has 0 aliphatic heterocycles. The quantitative estimate of drug-likeness (QED) is 0.813. The fraction of sp³-hybridized carbons (Fsp3) is 0.0625. The molecule has 2 aromatic carbocycles. The topological polar surface area (TPSA) is 38.3 Å². The zero-order valence-corrected chi connectivity index (χ0v) is 13.2. The number of ether oxygens (including phenoxy) is 1. The van der Waals surface area contributed by atoms with Crippen molar-refractivity contribution in [1.82, 2.24) is 0 Å². The summed E-state index contributed by atoms with van der Waals surface area (Å²) in [6, 6.07) is 8.91. The molecule has 3 nitrogen and oxygen atoms in total. The molecule has 0 radical (unpaired) electrons. The van der Waals surface area contributed by atoms with E-state index >= 15 is 0 Å². The Morgan fingerprint density at radius 1 is 1.27 bits per heavy atom. The number of anilines is 1. The van der Waals surface area contributed by atoms with Crippen molar-refractivity contribution in [2.24, 2.45) is 0 Å². The Labute approximate surface area is 134 Å². The number of hydrogen-bond donors (Lipinski definition) is 1. The molecule has 2 aromatic rings. The lowest BCUT2D eigenvalue weighted by Gasteiger charge is -2.07. The van der Waals surface area contributed by atoms with Gasteiger partial charge in [0, 0.05) is 22.2 Å². The first kappa shape index (κ1) is 16.2. The maximum absolute atomic E-state index is 13.6. The van der Waals surface area contributed by atoms with Crippen molar-refractivity contribution in [3.63, 3.8) is 0 Å². The second-order valence-electron chi connectivity index (χ2n) is 4.31. The van der Waals surface area contributed by atoms with Crippen LogP contribution in [-0.4, -0.2) is 13.0 Å². The predicted molar refractivity (Wildman–Crippen MR) is 84.7 cm³/mol. The lowest BCUT2D eigenvalue weighted by molar-refractivity contribution is -0.111. The number of methoxy groups -OCH3 is 1. The molecule has 0 spiro atoms. The molecule has 0 aliphatic carbocycles. The van der Waals surface area contributed by atoms with Crippen molar-refractivity contribution in [2.45, 2.75) is 0 Å². The Hall–Kier alpha value is -2.21. The highest BCUT2D eigenvalue weighted by atomic mass is 79.9. The van der Waals surface area contributed by atoms with Crippen LogP contribution in [0.15, 0.2) is 46.9 Å². The zero-order chi connectivity index (χ0) is 16.1. The molecule has 0 aliphatic rings. The SMILES string of the molecule is COc1ccccc1/C=C\C(=O)Nc1c(F)cc(F)cc1Br. The molecule has 1 amide bonds. The Kier molecular flexibility index (Phi) is 5.27. The summed E-state index contributed by atoms with van der Waals surface area (Å²) in [6.07, 6.45) is 2.79. The number of rotatable bonds is 4. The molecule has 0 fully saturated rings. The fourth-order valence-corrected chi connectivity index (χ4v) is 2.30. The number of halogens is 3. The van der Waals surface area contributed by atoms with Crippen LogP contribution in [0.5, 0.6) is 5.75 Å². The average molecular weight is 368 g/mol. The summed E-state index contributed by atoms with van der Waals surface area (Å²) in [6.45, 7) is 0. The third-order valence-corrected chi connectivity index (χ3v) is 3.43. The highest BCUT2D eigenvalue weighted by Crippen LogP contribution is 2.27. The molecular weight excluding hydrogens is 356 g/mol. The minimum absolute atomic E-state index is 0.115. The highest BCUT2D eigenvalue weighted by molar-refractivity contribution is 9.10. The summed E-state index contributed by atoms with van der Waals surface area (Å²) in [5.74, 6) is -1.52. The van der Waals surface area contributed by atoms with E-state index in [9.17, 15) is 13.6 Å². The molecule has 0 saturated carbocycles. The minimum atomic E-state index is -0.856. The van der Waals surface area contributed by atoms with E-state index in [0.717, 1.165) is 6.07 Å². The minimum Gasteiger partial charge on any atom is -0.496 e. The number of hydrogen-bond acceptors (Lipinski definition) is 2. The van der Waals surface area contributed by atoms with Gasteiger partial charge in [-0.15, -0.1) is 0 Å². The highest BCUT2D eigenvalue weighted by Gasteiger charge is 2.11. The van der Waals surface area contributed by atoms with Crippen LogP contribution in [0.1, 0.15) is 5.56 Å². The second kappa shape index (κ2) is 7.17. The standard InChI is InChI=1S/C16H12BrF2NO2/c1-22-14-5-3-2-4-10(14)6-7-15(21)20-16-12(17)8-11(18)9-13(16)19/h2-9H,1H3,(H,20,21)/b7-6-. The van der Waals surface area contributed by atoms with Gasteiger partial charge in [-0.25, -0.2) is 8.78 Å². The average Bonchev–Trinajstić information content (AvgIpc) is 2.49. The first-order valence-corrected chi connectivity index (χ1v) is 7.07. The number of nitrogens with one attached hydrogen (secondary N) is 1. The lowest BCUT2D eigenvalue weighted by atomic mass is 10.2. The van der Waals surface area contributed by atoms with Crippen molar-refractivity contribution < 1.29 is 18.3 Å². The first-order chi connectivity index (χ1) is 10.5. The van der Waals surface area contributed by atoms with Gasteiger partial charge in [0.2, 0.25) is 5.91 Å². The van der Waals surface area contributed by atoms with Crippen molar-refractivity contribution in [3.05, 3.63) is 64.1 Å². The molecular formula is C16H12BrF2NO2. The van der Waals surface area contributed by atoms with Gasteiger partial charge in [-0.2, -0.15) is 0 Å². The molecule has 22 heavy (non-hydrogen) atoms. The molecule has 114 valence electrons. The number of carbonyl (C=O) groups excluding carboxylic acids is 1. The smallest absolute Gasteiger partial charge is 0.248 e. The maximum Gasteiger partial charge on any atom is 0.248 e. The molecule has 0 unspecified atom stereocenters. The summed E-state index contributed by atoms with van der Waals surface area (Å²) < 4.78 is 31.9. The van der Waals surface area contributed by atoms with Gasteiger partial charge in [0.1, 0.15) is 11.6 Å². The van der Waals surface area contributed by atoms with E-state index in [0.29, 0.717) is 17.4 Å². The van der Waals surface area contributed by atoms with Gasteiger partial charge in [-0.1, -0.05) is 18.2 Å². The van der Waals surface area contributed by atoms with Crippen molar-refractivity contribution in [1.29, 1.82) is 0 Å². The lowest BCUT2D eigenvalue weighted by Crippen LogP contribution is -2.10. The van der Waals surface area contributed by atoms with Crippen LogP contribution in [-0.2, 0) is 4.79 Å². The normalized spacial score (nSPS) is 10.7. The van der Waals surface area contributed by atoms with Gasteiger partial charge in [-0.05, 0) is 34.1 Å². The van der Waals surface area contributed by atoms with E-state index in [-0.39, 0.29) is 10.2 Å². The molecule has 0 atom stereocenters. The fourth-order valence-electron chi connectivity index (χ4n) is 1.80. The van der Waals surface area contributed by atoms with Crippen LogP contribution in [0.3, 0.4) is 0 Å². The third kappa shape index (κ3) is 3.92. The van der Waals surface area contributed by atoms with E-state index in [1.54, 1.807) is 30.3 Å². The van der Waals surface area contributed by atoms with Gasteiger partial charge >= 0.3 is 0 Å². The van der Waals surface area contributed by atoms with Gasteiger partial charge in [0.25, 0.3) is 0 Å². The van der Waals surface area contributed by atoms with E-state index in [1.165, 1.54) is 13.2 Å².